The van der Waals surface area contributed by atoms with Gasteiger partial charge in [0.2, 0.25) is 0 Å². The maximum atomic E-state index is 10.7. The van der Waals surface area contributed by atoms with Gasteiger partial charge in [0.05, 0.1) is 162 Å². The highest BCUT2D eigenvalue weighted by Gasteiger charge is 2.28. The van der Waals surface area contributed by atoms with Gasteiger partial charge in [-0.15, -0.1) is 0 Å². The molecule has 0 saturated carbocycles. The van der Waals surface area contributed by atoms with E-state index in [9.17, 15) is 63.1 Å². The molecular formula is C108H50N20. The van der Waals surface area contributed by atoms with Crippen LogP contribution in [0.5, 0.6) is 0 Å². The molecule has 20 heteroatoms. The van der Waals surface area contributed by atoms with E-state index in [0.29, 0.717) is 168 Å². The molecule has 4 aromatic heterocycles. The quantitative estimate of drug-likeness (QED) is 0.0975. The number of nitriles is 12. The largest absolute Gasteiger partial charge is 0.309 e. The predicted molar refractivity (Wildman–Crippen MR) is 484 cm³/mol. The van der Waals surface area contributed by atoms with Crippen molar-refractivity contribution in [3.63, 3.8) is 0 Å². The van der Waals surface area contributed by atoms with Crippen LogP contribution < -0.4 is 0 Å². The molecule has 0 atom stereocenters. The van der Waals surface area contributed by atoms with Gasteiger partial charge in [0.1, 0.15) is 0 Å². The van der Waals surface area contributed by atoms with Gasteiger partial charge in [-0.1, -0.05) is 176 Å². The van der Waals surface area contributed by atoms with Crippen LogP contribution in [-0.2, 0) is 0 Å². The van der Waals surface area contributed by atoms with Crippen molar-refractivity contribution >= 4 is 43.6 Å². The molecule has 15 aromatic carbocycles. The fourth-order valence-electron chi connectivity index (χ4n) is 16.9. The van der Waals surface area contributed by atoms with Crippen molar-refractivity contribution < 1.29 is 0 Å². The van der Waals surface area contributed by atoms with Gasteiger partial charge in [-0.2, -0.15) is 63.1 Å². The second-order valence-corrected chi connectivity index (χ2v) is 29.8. The molecule has 128 heavy (non-hydrogen) atoms. The Bertz CT molecular complexity index is 7540. The Balaban J connectivity index is 0.865. The SMILES string of the molecule is N#Cc1cc(C#N)c(-c2ccc3c(c2)c2cc(-c4c(C#N)cc(C#N)cc4C#N)ccc2n3-c2ccc(-c3cccc(-c4ccc(-n5c6ccc(-c7c(C#N)cc(C#N)cc7C#N)cc6c6cc(-c7c(C#N)cc(C#N)cc7C#N)ccc65)cc4-c4nc(-c5ccccc5)nc(-c5ccccc5)n4)c3)c(-c3nc(-c4ccccc4)nc(-c4ccccc4)n3)c2)c(C#N)c1. The molecule has 19 rings (SSSR count). The average molecular weight is 1630 g/mol. The van der Waals surface area contributed by atoms with Crippen LogP contribution in [0.15, 0.2) is 303 Å². The van der Waals surface area contributed by atoms with Crippen LogP contribution >= 0.6 is 0 Å². The molecule has 0 aliphatic carbocycles. The van der Waals surface area contributed by atoms with Gasteiger partial charge in [0.15, 0.2) is 34.9 Å². The molecule has 0 radical (unpaired) electrons. The Morgan fingerprint density at radius 3 is 0.625 bits per heavy atom. The zero-order chi connectivity index (χ0) is 87.8. The fourth-order valence-corrected chi connectivity index (χ4v) is 16.9. The number of fused-ring (bicyclic) bond motifs is 6. The molecule has 0 spiro atoms. The molecule has 19 aromatic rings. The Morgan fingerprint density at radius 1 is 0.172 bits per heavy atom. The van der Waals surface area contributed by atoms with E-state index in [1.807, 2.05) is 249 Å². The fraction of sp³-hybridized carbons (Fsp3) is 0. The third-order valence-corrected chi connectivity index (χ3v) is 22.6. The lowest BCUT2D eigenvalue weighted by atomic mass is 9.91. The second-order valence-electron chi connectivity index (χ2n) is 29.8. The number of rotatable bonds is 14. The maximum Gasteiger partial charge on any atom is 0.164 e. The van der Waals surface area contributed by atoms with Gasteiger partial charge < -0.3 is 9.13 Å². The lowest BCUT2D eigenvalue weighted by Crippen LogP contribution is -2.03. The molecule has 0 N–H and O–H groups in total. The minimum absolute atomic E-state index is 0.109. The smallest absolute Gasteiger partial charge is 0.164 e. The van der Waals surface area contributed by atoms with E-state index in [0.717, 1.165) is 22.3 Å². The summed E-state index contributed by atoms with van der Waals surface area (Å²) in [5.41, 5.74) is 15.4. The van der Waals surface area contributed by atoms with E-state index in [2.05, 4.69) is 88.0 Å². The second kappa shape index (κ2) is 32.5. The summed E-state index contributed by atoms with van der Waals surface area (Å²) in [5, 5.41) is 128. The number of nitrogens with zero attached hydrogens (tertiary/aromatic N) is 20. The van der Waals surface area contributed by atoms with Crippen LogP contribution in [0, 0.1) is 136 Å². The van der Waals surface area contributed by atoms with Crippen molar-refractivity contribution in [2.24, 2.45) is 0 Å². The Morgan fingerprint density at radius 2 is 0.398 bits per heavy atom. The van der Waals surface area contributed by atoms with Crippen LogP contribution in [0.2, 0.25) is 0 Å². The average Bonchev–Trinajstić information content (AvgIpc) is 1.58. The Kier molecular flexibility index (Phi) is 19.7. The highest BCUT2D eigenvalue weighted by Crippen LogP contribution is 2.47. The third-order valence-electron chi connectivity index (χ3n) is 22.6. The van der Waals surface area contributed by atoms with Crippen molar-refractivity contribution in [2.75, 3.05) is 0 Å². The first-order chi connectivity index (χ1) is 62.8. The van der Waals surface area contributed by atoms with Crippen molar-refractivity contribution in [1.82, 2.24) is 39.0 Å². The lowest BCUT2D eigenvalue weighted by Gasteiger charge is -2.18. The Labute approximate surface area is 730 Å². The van der Waals surface area contributed by atoms with Gasteiger partial charge in [-0.05, 0) is 172 Å². The molecule has 0 aliphatic heterocycles. The summed E-state index contributed by atoms with van der Waals surface area (Å²) in [6.07, 6.45) is 0. The zero-order valence-corrected chi connectivity index (χ0v) is 66.8. The van der Waals surface area contributed by atoms with Gasteiger partial charge >= 0.3 is 0 Å². The summed E-state index contributed by atoms with van der Waals surface area (Å²) in [7, 11) is 0. The van der Waals surface area contributed by atoms with E-state index in [-0.39, 0.29) is 66.8 Å². The summed E-state index contributed by atoms with van der Waals surface area (Å²) in [6.45, 7) is 0. The standard InChI is InChI=1S/C108H50N20/c109-51-63-36-77(55-113)99(78(37-63)56-114)73-24-32-95-89(45-73)90-46-74(100-79(57-115)38-64(52-110)39-80(100)58-116)25-33-96(90)127(95)85-28-30-87(93(49-85)107-123-103(67-14-5-1-6-15-67)121-104(124-107)68-16-7-2-8-17-68)71-22-13-23-72(44-71)88-31-29-86(50-94(88)108-125-105(69-18-9-3-10-19-69)122-106(126-108)70-20-11-4-12-21-70)128-97-34-26-75(101-81(59-117)40-65(53-111)41-82(101)60-118)47-91(97)92-48-76(27-35-98(92)128)102-83(61-119)42-66(54-112)43-84(102)62-120/h1-50H. The van der Waals surface area contributed by atoms with Crippen LogP contribution in [0.25, 0.3) is 190 Å². The molecule has 0 unspecified atom stereocenters. The first kappa shape index (κ1) is 77.7. The zero-order valence-electron chi connectivity index (χ0n) is 66.8. The highest BCUT2D eigenvalue weighted by molar-refractivity contribution is 6.14. The van der Waals surface area contributed by atoms with Gasteiger partial charge in [0.25, 0.3) is 0 Å². The van der Waals surface area contributed by atoms with Crippen LogP contribution in [-0.4, -0.2) is 39.0 Å². The number of benzene rings is 15. The summed E-state index contributed by atoms with van der Waals surface area (Å²) >= 11 is 0. The Hall–Kier alpha value is -20.2. The first-order valence-corrected chi connectivity index (χ1v) is 39.7. The summed E-state index contributed by atoms with van der Waals surface area (Å²) in [4.78, 5) is 31.9. The summed E-state index contributed by atoms with van der Waals surface area (Å²) < 4.78 is 4.15. The highest BCUT2D eigenvalue weighted by atomic mass is 15.1. The van der Waals surface area contributed by atoms with E-state index < -0.39 is 0 Å². The van der Waals surface area contributed by atoms with E-state index in [1.54, 1.807) is 0 Å². The van der Waals surface area contributed by atoms with E-state index >= 15 is 0 Å². The van der Waals surface area contributed by atoms with Crippen molar-refractivity contribution in [3.05, 3.63) is 370 Å². The van der Waals surface area contributed by atoms with E-state index in [1.165, 1.54) is 48.5 Å². The monoisotopic (exact) mass is 1630 g/mol. The van der Waals surface area contributed by atoms with Gasteiger partial charge in [-0.3, -0.25) is 0 Å². The number of aromatic nitrogens is 8. The van der Waals surface area contributed by atoms with Crippen LogP contribution in [0.4, 0.5) is 0 Å². The molecule has 0 amide bonds. The van der Waals surface area contributed by atoms with Crippen LogP contribution in [0.1, 0.15) is 66.8 Å². The number of hydrogen-bond donors (Lipinski definition) is 0. The minimum atomic E-state index is 0.109. The van der Waals surface area contributed by atoms with Crippen molar-refractivity contribution in [3.8, 4) is 219 Å². The molecular weight excluding hydrogens is 1580 g/mol. The first-order valence-electron chi connectivity index (χ1n) is 39.7. The normalized spacial score (nSPS) is 10.7. The molecule has 4 heterocycles. The van der Waals surface area contributed by atoms with Crippen LogP contribution in [0.3, 0.4) is 0 Å². The van der Waals surface area contributed by atoms with Gasteiger partial charge in [0, 0.05) is 88.6 Å². The topological polar surface area (TPSA) is 373 Å². The maximum absolute atomic E-state index is 10.7. The molecule has 0 bridgehead atoms. The third kappa shape index (κ3) is 13.6. The lowest BCUT2D eigenvalue weighted by molar-refractivity contribution is 1.07. The summed E-state index contributed by atoms with van der Waals surface area (Å²) in [5.74, 6) is 2.16. The number of hydrogen-bond acceptors (Lipinski definition) is 18. The molecule has 0 aliphatic rings. The predicted octanol–water partition coefficient (Wildman–Crippen LogP) is 22.7. The van der Waals surface area contributed by atoms with Gasteiger partial charge in [-0.25, -0.2) is 29.9 Å². The van der Waals surface area contributed by atoms with Crippen molar-refractivity contribution in [1.29, 1.82) is 63.1 Å². The molecule has 582 valence electrons. The van der Waals surface area contributed by atoms with Crippen molar-refractivity contribution in [2.45, 2.75) is 0 Å². The molecule has 0 fully saturated rings. The molecule has 0 saturated heterocycles. The van der Waals surface area contributed by atoms with E-state index in [4.69, 9.17) is 29.9 Å². The summed E-state index contributed by atoms with van der Waals surface area (Å²) in [6, 6.07) is 119. The minimum Gasteiger partial charge on any atom is -0.309 e. The molecule has 20 nitrogen and oxygen atoms in total.